The van der Waals surface area contributed by atoms with E-state index in [1.165, 1.54) is 0 Å². The van der Waals surface area contributed by atoms with Crippen LogP contribution < -0.4 is 10.5 Å². The predicted molar refractivity (Wildman–Crippen MR) is 71.7 cm³/mol. The van der Waals surface area contributed by atoms with E-state index in [1.54, 1.807) is 18.4 Å². The molecule has 0 aliphatic carbocycles. The van der Waals surface area contributed by atoms with Crippen molar-refractivity contribution in [1.29, 1.82) is 0 Å². The lowest BCUT2D eigenvalue weighted by Gasteiger charge is -2.08. The zero-order chi connectivity index (χ0) is 12.4. The van der Waals surface area contributed by atoms with Gasteiger partial charge in [-0.3, -0.25) is 0 Å². The van der Waals surface area contributed by atoms with Gasteiger partial charge in [-0.15, -0.1) is 11.3 Å². The SMILES string of the molecule is COc1cc(C)c(-c2csc(CN)n2)cc1Cl. The molecule has 2 aromatic rings. The lowest BCUT2D eigenvalue weighted by molar-refractivity contribution is 0.415. The lowest BCUT2D eigenvalue weighted by atomic mass is 10.1. The van der Waals surface area contributed by atoms with Crippen LogP contribution in [0.15, 0.2) is 17.5 Å². The van der Waals surface area contributed by atoms with Crippen LogP contribution >= 0.6 is 22.9 Å². The number of thiazole rings is 1. The van der Waals surface area contributed by atoms with Crippen LogP contribution in [0.5, 0.6) is 5.75 Å². The van der Waals surface area contributed by atoms with E-state index >= 15 is 0 Å². The second-order valence-corrected chi connectivity index (χ2v) is 4.98. The van der Waals surface area contributed by atoms with Crippen molar-refractivity contribution in [3.63, 3.8) is 0 Å². The third-order valence-electron chi connectivity index (χ3n) is 2.50. The summed E-state index contributed by atoms with van der Waals surface area (Å²) in [7, 11) is 1.61. The molecule has 0 radical (unpaired) electrons. The predicted octanol–water partition coefficient (Wildman–Crippen LogP) is 3.24. The molecule has 0 atom stereocenters. The Balaban J connectivity index is 2.48. The van der Waals surface area contributed by atoms with Gasteiger partial charge in [0.2, 0.25) is 0 Å². The average molecular weight is 269 g/mol. The van der Waals surface area contributed by atoms with Gasteiger partial charge in [0.05, 0.1) is 17.8 Å². The first kappa shape index (κ1) is 12.4. The number of hydrogen-bond acceptors (Lipinski definition) is 4. The molecule has 0 unspecified atom stereocenters. The monoisotopic (exact) mass is 268 g/mol. The van der Waals surface area contributed by atoms with Crippen LogP contribution in [0.2, 0.25) is 5.02 Å². The van der Waals surface area contributed by atoms with Crippen LogP contribution in [-0.2, 0) is 6.54 Å². The van der Waals surface area contributed by atoms with Gasteiger partial charge in [-0.05, 0) is 24.6 Å². The summed E-state index contributed by atoms with van der Waals surface area (Å²) in [5, 5.41) is 3.51. The zero-order valence-electron chi connectivity index (χ0n) is 9.66. The maximum Gasteiger partial charge on any atom is 0.137 e. The Hall–Kier alpha value is -1.10. The van der Waals surface area contributed by atoms with Crippen molar-refractivity contribution in [2.24, 2.45) is 5.73 Å². The third kappa shape index (κ3) is 2.44. The molecular formula is C12H13ClN2OS. The van der Waals surface area contributed by atoms with Gasteiger partial charge in [0, 0.05) is 17.5 Å². The zero-order valence-corrected chi connectivity index (χ0v) is 11.2. The second kappa shape index (κ2) is 5.04. The van der Waals surface area contributed by atoms with E-state index in [4.69, 9.17) is 22.1 Å². The molecule has 17 heavy (non-hydrogen) atoms. The fourth-order valence-corrected chi connectivity index (χ4v) is 2.53. The molecular weight excluding hydrogens is 256 g/mol. The highest BCUT2D eigenvalue weighted by molar-refractivity contribution is 7.09. The van der Waals surface area contributed by atoms with Crippen LogP contribution in [0.4, 0.5) is 0 Å². The number of ether oxygens (including phenoxy) is 1. The number of benzene rings is 1. The van der Waals surface area contributed by atoms with E-state index in [-0.39, 0.29) is 0 Å². The highest BCUT2D eigenvalue weighted by atomic mass is 35.5. The van der Waals surface area contributed by atoms with Crippen molar-refractivity contribution in [3.05, 3.63) is 33.1 Å². The van der Waals surface area contributed by atoms with E-state index in [9.17, 15) is 0 Å². The molecule has 0 saturated carbocycles. The lowest BCUT2D eigenvalue weighted by Crippen LogP contribution is -1.95. The molecule has 1 aromatic heterocycles. The van der Waals surface area contributed by atoms with E-state index < -0.39 is 0 Å². The van der Waals surface area contributed by atoms with E-state index in [0.717, 1.165) is 21.8 Å². The van der Waals surface area contributed by atoms with Gasteiger partial charge in [0.25, 0.3) is 0 Å². The van der Waals surface area contributed by atoms with Gasteiger partial charge in [-0.25, -0.2) is 4.98 Å². The summed E-state index contributed by atoms with van der Waals surface area (Å²) in [6.07, 6.45) is 0. The Labute approximate surface area is 109 Å². The van der Waals surface area contributed by atoms with Gasteiger partial charge in [0.1, 0.15) is 10.8 Å². The van der Waals surface area contributed by atoms with Crippen molar-refractivity contribution >= 4 is 22.9 Å². The average Bonchev–Trinajstić information content (AvgIpc) is 2.80. The molecule has 0 amide bonds. The Morgan fingerprint density at radius 2 is 2.24 bits per heavy atom. The molecule has 1 aromatic carbocycles. The minimum Gasteiger partial charge on any atom is -0.495 e. The number of aryl methyl sites for hydroxylation is 1. The maximum absolute atomic E-state index is 6.12. The quantitative estimate of drug-likeness (QED) is 0.930. The topological polar surface area (TPSA) is 48.1 Å². The van der Waals surface area contributed by atoms with Gasteiger partial charge >= 0.3 is 0 Å². The van der Waals surface area contributed by atoms with Crippen LogP contribution in [0, 0.1) is 6.92 Å². The van der Waals surface area contributed by atoms with Crippen molar-refractivity contribution < 1.29 is 4.74 Å². The summed E-state index contributed by atoms with van der Waals surface area (Å²) >= 11 is 7.68. The van der Waals surface area contributed by atoms with Gasteiger partial charge in [0.15, 0.2) is 0 Å². The minimum absolute atomic E-state index is 0.466. The molecule has 3 nitrogen and oxygen atoms in total. The van der Waals surface area contributed by atoms with Crippen molar-refractivity contribution in [2.45, 2.75) is 13.5 Å². The first-order valence-electron chi connectivity index (χ1n) is 5.14. The van der Waals surface area contributed by atoms with Crippen LogP contribution in [0.1, 0.15) is 10.6 Å². The molecule has 0 bridgehead atoms. The largest absolute Gasteiger partial charge is 0.495 e. The Bertz CT molecular complexity index is 539. The normalized spacial score (nSPS) is 10.6. The van der Waals surface area contributed by atoms with Crippen molar-refractivity contribution in [2.75, 3.05) is 7.11 Å². The minimum atomic E-state index is 0.466. The van der Waals surface area contributed by atoms with E-state index in [2.05, 4.69) is 4.98 Å². The van der Waals surface area contributed by atoms with Crippen LogP contribution in [0.3, 0.4) is 0 Å². The number of methoxy groups -OCH3 is 1. The maximum atomic E-state index is 6.12. The summed E-state index contributed by atoms with van der Waals surface area (Å²) in [6, 6.07) is 3.80. The second-order valence-electron chi connectivity index (χ2n) is 3.63. The smallest absolute Gasteiger partial charge is 0.137 e. The molecule has 0 saturated heterocycles. The molecule has 2 N–H and O–H groups in total. The standard InChI is InChI=1S/C12H13ClN2OS/c1-7-3-11(16-2)9(13)4-8(7)10-6-17-12(5-14)15-10/h3-4,6H,5,14H2,1-2H3. The molecule has 0 fully saturated rings. The first-order valence-corrected chi connectivity index (χ1v) is 6.40. The Morgan fingerprint density at radius 1 is 1.47 bits per heavy atom. The van der Waals surface area contributed by atoms with Gasteiger partial charge < -0.3 is 10.5 Å². The molecule has 0 aliphatic heterocycles. The summed E-state index contributed by atoms with van der Waals surface area (Å²) in [4.78, 5) is 4.45. The van der Waals surface area contributed by atoms with Crippen LogP contribution in [0.25, 0.3) is 11.3 Å². The first-order chi connectivity index (χ1) is 8.15. The number of aromatic nitrogens is 1. The highest BCUT2D eigenvalue weighted by Gasteiger charge is 2.10. The van der Waals surface area contributed by atoms with E-state index in [0.29, 0.717) is 17.3 Å². The van der Waals surface area contributed by atoms with Gasteiger partial charge in [-0.1, -0.05) is 11.6 Å². The number of halogens is 1. The molecule has 0 aliphatic rings. The van der Waals surface area contributed by atoms with E-state index in [1.807, 2.05) is 24.4 Å². The number of nitrogens with two attached hydrogens (primary N) is 1. The molecule has 0 spiro atoms. The summed E-state index contributed by atoms with van der Waals surface area (Å²) in [5.74, 6) is 0.683. The van der Waals surface area contributed by atoms with Gasteiger partial charge in [-0.2, -0.15) is 0 Å². The number of hydrogen-bond donors (Lipinski definition) is 1. The Morgan fingerprint density at radius 3 is 2.82 bits per heavy atom. The van der Waals surface area contributed by atoms with Crippen LogP contribution in [-0.4, -0.2) is 12.1 Å². The molecule has 5 heteroatoms. The Kier molecular flexibility index (Phi) is 3.66. The summed E-state index contributed by atoms with van der Waals surface area (Å²) in [5.41, 5.74) is 8.57. The molecule has 2 rings (SSSR count). The number of nitrogens with zero attached hydrogens (tertiary/aromatic N) is 1. The highest BCUT2D eigenvalue weighted by Crippen LogP contribution is 2.33. The summed E-state index contributed by atoms with van der Waals surface area (Å²) in [6.45, 7) is 2.48. The summed E-state index contributed by atoms with van der Waals surface area (Å²) < 4.78 is 5.17. The number of rotatable bonds is 3. The van der Waals surface area contributed by atoms with Crippen molar-refractivity contribution in [1.82, 2.24) is 4.98 Å². The molecule has 90 valence electrons. The molecule has 1 heterocycles. The fourth-order valence-electron chi connectivity index (χ4n) is 1.62. The fraction of sp³-hybridized carbons (Fsp3) is 0.250. The third-order valence-corrected chi connectivity index (χ3v) is 3.67. The van der Waals surface area contributed by atoms with Crippen molar-refractivity contribution in [3.8, 4) is 17.0 Å².